The Kier molecular flexibility index (Phi) is 4.23. The van der Waals surface area contributed by atoms with Crippen LogP contribution in [0, 0.1) is 19.7 Å². The van der Waals surface area contributed by atoms with Crippen molar-refractivity contribution >= 4 is 5.91 Å². The lowest BCUT2D eigenvalue weighted by Gasteiger charge is -2.06. The molecular weight excluding hydrogens is 255 g/mol. The van der Waals surface area contributed by atoms with Crippen LogP contribution in [0.1, 0.15) is 27.3 Å². The van der Waals surface area contributed by atoms with Crippen molar-refractivity contribution < 1.29 is 9.18 Å². The Morgan fingerprint density at radius 2 is 2.00 bits per heavy atom. The minimum atomic E-state index is -0.489. The average Bonchev–Trinajstić information content (AvgIpc) is 2.67. The SMILES string of the molecule is Cc1cc(CCNC(=O)c2ccccc2F)c(C)n1C. The minimum Gasteiger partial charge on any atom is -0.352 e. The maximum Gasteiger partial charge on any atom is 0.254 e. The van der Waals surface area contributed by atoms with Crippen LogP contribution < -0.4 is 5.32 Å². The number of carbonyl (C=O) groups is 1. The van der Waals surface area contributed by atoms with Gasteiger partial charge in [0.25, 0.3) is 5.91 Å². The van der Waals surface area contributed by atoms with Gasteiger partial charge in [-0.05, 0) is 44.0 Å². The highest BCUT2D eigenvalue weighted by Gasteiger charge is 2.11. The Labute approximate surface area is 118 Å². The van der Waals surface area contributed by atoms with E-state index in [9.17, 15) is 9.18 Å². The van der Waals surface area contributed by atoms with E-state index in [4.69, 9.17) is 0 Å². The molecule has 3 nitrogen and oxygen atoms in total. The van der Waals surface area contributed by atoms with E-state index >= 15 is 0 Å². The van der Waals surface area contributed by atoms with Gasteiger partial charge in [-0.2, -0.15) is 0 Å². The van der Waals surface area contributed by atoms with Crippen LogP contribution in [0.25, 0.3) is 0 Å². The predicted octanol–water partition coefficient (Wildman–Crippen LogP) is 2.75. The van der Waals surface area contributed by atoms with Gasteiger partial charge in [0.2, 0.25) is 0 Å². The highest BCUT2D eigenvalue weighted by molar-refractivity contribution is 5.94. The zero-order chi connectivity index (χ0) is 14.7. The van der Waals surface area contributed by atoms with Crippen LogP contribution in [0.3, 0.4) is 0 Å². The van der Waals surface area contributed by atoms with Gasteiger partial charge in [-0.25, -0.2) is 4.39 Å². The summed E-state index contributed by atoms with van der Waals surface area (Å²) in [6, 6.07) is 8.12. The monoisotopic (exact) mass is 274 g/mol. The lowest BCUT2D eigenvalue weighted by atomic mass is 10.1. The van der Waals surface area contributed by atoms with Crippen LogP contribution in [-0.2, 0) is 13.5 Å². The summed E-state index contributed by atoms with van der Waals surface area (Å²) in [5.41, 5.74) is 3.69. The summed E-state index contributed by atoms with van der Waals surface area (Å²) in [6.07, 6.45) is 0.744. The summed E-state index contributed by atoms with van der Waals surface area (Å²) in [5, 5.41) is 2.76. The van der Waals surface area contributed by atoms with Crippen LogP contribution in [0.15, 0.2) is 30.3 Å². The molecule has 2 rings (SSSR count). The van der Waals surface area contributed by atoms with Gasteiger partial charge in [0.05, 0.1) is 5.56 Å². The zero-order valence-corrected chi connectivity index (χ0v) is 12.0. The summed E-state index contributed by atoms with van der Waals surface area (Å²) >= 11 is 0. The van der Waals surface area contributed by atoms with Gasteiger partial charge >= 0.3 is 0 Å². The first-order valence-corrected chi connectivity index (χ1v) is 6.65. The molecule has 0 atom stereocenters. The number of amides is 1. The zero-order valence-electron chi connectivity index (χ0n) is 12.0. The summed E-state index contributed by atoms with van der Waals surface area (Å²) in [5.74, 6) is -0.856. The number of nitrogens with zero attached hydrogens (tertiary/aromatic N) is 1. The molecule has 0 aliphatic heterocycles. The molecular formula is C16H19FN2O. The minimum absolute atomic E-state index is 0.0912. The number of benzene rings is 1. The van der Waals surface area contributed by atoms with E-state index < -0.39 is 5.82 Å². The van der Waals surface area contributed by atoms with Crippen molar-refractivity contribution in [2.75, 3.05) is 6.54 Å². The van der Waals surface area contributed by atoms with Gasteiger partial charge in [0.15, 0.2) is 0 Å². The Morgan fingerprint density at radius 3 is 2.60 bits per heavy atom. The van der Waals surface area contributed by atoms with Crippen molar-refractivity contribution in [1.29, 1.82) is 0 Å². The summed E-state index contributed by atoms with van der Waals surface area (Å²) in [7, 11) is 2.02. The lowest BCUT2D eigenvalue weighted by molar-refractivity contribution is 0.0950. The third-order valence-electron chi connectivity index (χ3n) is 3.68. The molecule has 0 bridgehead atoms. The van der Waals surface area contributed by atoms with Crippen molar-refractivity contribution in [3.8, 4) is 0 Å². The second-order valence-corrected chi connectivity index (χ2v) is 4.94. The molecule has 0 fully saturated rings. The summed E-state index contributed by atoms with van der Waals surface area (Å²) < 4.78 is 15.6. The fraction of sp³-hybridized carbons (Fsp3) is 0.312. The van der Waals surface area contributed by atoms with Crippen molar-refractivity contribution in [3.63, 3.8) is 0 Å². The molecule has 0 aliphatic carbocycles. The third kappa shape index (κ3) is 2.90. The van der Waals surface area contributed by atoms with Gasteiger partial charge in [-0.15, -0.1) is 0 Å². The van der Waals surface area contributed by atoms with Gasteiger partial charge < -0.3 is 9.88 Å². The second-order valence-electron chi connectivity index (χ2n) is 4.94. The first-order chi connectivity index (χ1) is 9.50. The first-order valence-electron chi connectivity index (χ1n) is 6.65. The van der Waals surface area contributed by atoms with E-state index in [0.717, 1.165) is 6.42 Å². The smallest absolute Gasteiger partial charge is 0.254 e. The number of halogens is 1. The van der Waals surface area contributed by atoms with E-state index in [1.54, 1.807) is 12.1 Å². The molecule has 2 aromatic rings. The van der Waals surface area contributed by atoms with Gasteiger partial charge in [0, 0.05) is 25.0 Å². The molecule has 1 heterocycles. The number of hydrogen-bond acceptors (Lipinski definition) is 1. The maximum atomic E-state index is 13.4. The quantitative estimate of drug-likeness (QED) is 0.914. The fourth-order valence-electron chi connectivity index (χ4n) is 2.24. The molecule has 0 saturated carbocycles. The van der Waals surface area contributed by atoms with Crippen molar-refractivity contribution in [1.82, 2.24) is 9.88 Å². The molecule has 20 heavy (non-hydrogen) atoms. The van der Waals surface area contributed by atoms with Crippen molar-refractivity contribution in [2.24, 2.45) is 7.05 Å². The second kappa shape index (κ2) is 5.90. The molecule has 1 N–H and O–H groups in total. The Balaban J connectivity index is 1.95. The molecule has 0 spiro atoms. The number of aryl methyl sites for hydroxylation is 1. The van der Waals surface area contributed by atoms with Crippen LogP contribution in [0.5, 0.6) is 0 Å². The highest BCUT2D eigenvalue weighted by Crippen LogP contribution is 2.13. The fourth-order valence-corrected chi connectivity index (χ4v) is 2.24. The standard InChI is InChI=1S/C16H19FN2O/c1-11-10-13(12(2)19(11)3)8-9-18-16(20)14-6-4-5-7-15(14)17/h4-7,10H,8-9H2,1-3H3,(H,18,20). The normalized spacial score (nSPS) is 10.6. The van der Waals surface area contributed by atoms with E-state index in [2.05, 4.69) is 29.8 Å². The average molecular weight is 274 g/mol. The molecule has 0 saturated heterocycles. The van der Waals surface area contributed by atoms with Gasteiger partial charge in [-0.3, -0.25) is 4.79 Å². The van der Waals surface area contributed by atoms with Gasteiger partial charge in [-0.1, -0.05) is 12.1 Å². The number of rotatable bonds is 4. The van der Waals surface area contributed by atoms with E-state index in [1.807, 2.05) is 7.05 Å². The molecule has 4 heteroatoms. The molecule has 0 unspecified atom stereocenters. The number of nitrogens with one attached hydrogen (secondary N) is 1. The summed E-state index contributed by atoms with van der Waals surface area (Å²) in [6.45, 7) is 4.60. The van der Waals surface area contributed by atoms with E-state index in [0.29, 0.717) is 6.54 Å². The molecule has 1 aromatic heterocycles. The van der Waals surface area contributed by atoms with Crippen LogP contribution in [-0.4, -0.2) is 17.0 Å². The molecule has 0 aliphatic rings. The summed E-state index contributed by atoms with van der Waals surface area (Å²) in [4.78, 5) is 11.9. The molecule has 1 aromatic carbocycles. The van der Waals surface area contributed by atoms with E-state index in [1.165, 1.54) is 29.1 Å². The number of hydrogen-bond donors (Lipinski definition) is 1. The molecule has 0 radical (unpaired) electrons. The largest absolute Gasteiger partial charge is 0.352 e. The topological polar surface area (TPSA) is 34.0 Å². The van der Waals surface area contributed by atoms with Crippen LogP contribution in [0.4, 0.5) is 4.39 Å². The Bertz CT molecular complexity index is 631. The number of carbonyl (C=O) groups excluding carboxylic acids is 1. The van der Waals surface area contributed by atoms with Crippen LogP contribution >= 0.6 is 0 Å². The number of aromatic nitrogens is 1. The Morgan fingerprint density at radius 1 is 1.30 bits per heavy atom. The third-order valence-corrected chi connectivity index (χ3v) is 3.68. The lowest BCUT2D eigenvalue weighted by Crippen LogP contribution is -2.26. The van der Waals surface area contributed by atoms with Crippen molar-refractivity contribution in [3.05, 3.63) is 58.7 Å². The predicted molar refractivity (Wildman–Crippen MR) is 77.3 cm³/mol. The highest BCUT2D eigenvalue weighted by atomic mass is 19.1. The van der Waals surface area contributed by atoms with Crippen LogP contribution in [0.2, 0.25) is 0 Å². The maximum absolute atomic E-state index is 13.4. The first kappa shape index (κ1) is 14.3. The molecule has 106 valence electrons. The van der Waals surface area contributed by atoms with Gasteiger partial charge in [0.1, 0.15) is 5.82 Å². The molecule has 1 amide bonds. The van der Waals surface area contributed by atoms with Crippen molar-refractivity contribution in [2.45, 2.75) is 20.3 Å². The Hall–Kier alpha value is -2.10. The van der Waals surface area contributed by atoms with E-state index in [-0.39, 0.29) is 11.5 Å².